The maximum absolute atomic E-state index is 12.4. The number of Topliss-reactive ketones (excluding diaryl/α,β-unsaturated/α-hetero) is 1. The first-order valence-corrected chi connectivity index (χ1v) is 8.04. The van der Waals surface area contributed by atoms with Crippen LogP contribution in [0.25, 0.3) is 11.7 Å². The molecule has 0 spiro atoms. The monoisotopic (exact) mass is 366 g/mol. The van der Waals surface area contributed by atoms with Crippen LogP contribution in [0.15, 0.2) is 56.7 Å². The Morgan fingerprint density at radius 3 is 2.60 bits per heavy atom. The van der Waals surface area contributed by atoms with Crippen LogP contribution in [0, 0.1) is 0 Å². The number of furan rings is 1. The van der Waals surface area contributed by atoms with Crippen LogP contribution in [-0.2, 0) is 0 Å². The zero-order chi connectivity index (χ0) is 17.8. The standard InChI is InChI=1S/C16H12F2N2O4S/c1-9(13(21)10-4-6-11(7-5-10)23-15(17)18)25-16-20-19-14(24-16)12-3-2-8-22-12/h2-9,15H,1H3/t9-/m0/s1. The molecule has 2 aromatic heterocycles. The summed E-state index contributed by atoms with van der Waals surface area (Å²) >= 11 is 1.10. The fourth-order valence-corrected chi connectivity index (χ4v) is 2.76. The lowest BCUT2D eigenvalue weighted by atomic mass is 10.1. The van der Waals surface area contributed by atoms with Gasteiger partial charge in [-0.1, -0.05) is 11.8 Å². The van der Waals surface area contributed by atoms with Gasteiger partial charge in [-0.15, -0.1) is 10.2 Å². The fraction of sp³-hybridized carbons (Fsp3) is 0.188. The largest absolute Gasteiger partial charge is 0.459 e. The lowest BCUT2D eigenvalue weighted by molar-refractivity contribution is -0.0498. The van der Waals surface area contributed by atoms with Crippen molar-refractivity contribution in [2.24, 2.45) is 0 Å². The topological polar surface area (TPSA) is 78.4 Å². The SMILES string of the molecule is C[C@H](Sc1nnc(-c2ccco2)o1)C(=O)c1ccc(OC(F)F)cc1. The third-order valence-corrected chi connectivity index (χ3v) is 4.08. The third kappa shape index (κ3) is 4.24. The van der Waals surface area contributed by atoms with Gasteiger partial charge in [0.1, 0.15) is 5.75 Å². The van der Waals surface area contributed by atoms with E-state index in [1.54, 1.807) is 19.1 Å². The van der Waals surface area contributed by atoms with Crippen LogP contribution in [0.5, 0.6) is 5.75 Å². The first kappa shape index (κ1) is 17.2. The number of aromatic nitrogens is 2. The fourth-order valence-electron chi connectivity index (χ4n) is 2.00. The number of hydrogen-bond acceptors (Lipinski definition) is 7. The van der Waals surface area contributed by atoms with E-state index in [9.17, 15) is 13.6 Å². The van der Waals surface area contributed by atoms with Crippen molar-refractivity contribution >= 4 is 17.5 Å². The molecule has 0 unspecified atom stereocenters. The van der Waals surface area contributed by atoms with E-state index >= 15 is 0 Å². The molecule has 0 radical (unpaired) electrons. The highest BCUT2D eigenvalue weighted by atomic mass is 32.2. The third-order valence-electron chi connectivity index (χ3n) is 3.15. The molecule has 0 saturated heterocycles. The highest BCUT2D eigenvalue weighted by molar-refractivity contribution is 8.00. The molecule has 0 N–H and O–H groups in total. The van der Waals surface area contributed by atoms with Crippen molar-refractivity contribution in [3.8, 4) is 17.4 Å². The number of hydrogen-bond donors (Lipinski definition) is 0. The Labute approximate surface area is 145 Å². The number of rotatable bonds is 7. The van der Waals surface area contributed by atoms with Gasteiger partial charge in [-0.2, -0.15) is 8.78 Å². The Morgan fingerprint density at radius 2 is 1.96 bits per heavy atom. The summed E-state index contributed by atoms with van der Waals surface area (Å²) in [5, 5.41) is 7.44. The summed E-state index contributed by atoms with van der Waals surface area (Å²) in [6.07, 6.45) is 1.49. The number of carbonyl (C=O) groups excluding carboxylic acids is 1. The molecule has 0 saturated carbocycles. The van der Waals surface area contributed by atoms with Crippen LogP contribution in [-0.4, -0.2) is 27.8 Å². The van der Waals surface area contributed by atoms with Gasteiger partial charge in [0.05, 0.1) is 11.5 Å². The van der Waals surface area contributed by atoms with Crippen molar-refractivity contribution in [1.29, 1.82) is 0 Å². The Balaban J connectivity index is 1.64. The van der Waals surface area contributed by atoms with Gasteiger partial charge in [-0.25, -0.2) is 0 Å². The molecule has 0 aliphatic heterocycles. The molecule has 1 aromatic carbocycles. The van der Waals surface area contributed by atoms with Gasteiger partial charge in [0.25, 0.3) is 11.1 Å². The first-order chi connectivity index (χ1) is 12.0. The summed E-state index contributed by atoms with van der Waals surface area (Å²) < 4.78 is 39.1. The maximum atomic E-state index is 12.4. The van der Waals surface area contributed by atoms with Crippen molar-refractivity contribution in [3.05, 3.63) is 48.2 Å². The molecule has 2 heterocycles. The van der Waals surface area contributed by atoms with Crippen LogP contribution in [0.4, 0.5) is 8.78 Å². The molecule has 1 atom stereocenters. The Bertz CT molecular complexity index is 834. The smallest absolute Gasteiger partial charge is 0.387 e. The lowest BCUT2D eigenvalue weighted by Crippen LogP contribution is -2.13. The summed E-state index contributed by atoms with van der Waals surface area (Å²) in [4.78, 5) is 12.4. The molecule has 0 fully saturated rings. The van der Waals surface area contributed by atoms with E-state index in [0.29, 0.717) is 11.3 Å². The molecular weight excluding hydrogens is 354 g/mol. The Kier molecular flexibility index (Phi) is 5.13. The number of ketones is 1. The van der Waals surface area contributed by atoms with Gasteiger partial charge in [-0.3, -0.25) is 4.79 Å². The van der Waals surface area contributed by atoms with Crippen molar-refractivity contribution in [2.45, 2.75) is 24.0 Å². The van der Waals surface area contributed by atoms with Crippen LogP contribution in [0.1, 0.15) is 17.3 Å². The van der Waals surface area contributed by atoms with Gasteiger partial charge in [0.2, 0.25) is 0 Å². The molecule has 0 aliphatic rings. The highest BCUT2D eigenvalue weighted by Gasteiger charge is 2.21. The molecule has 3 rings (SSSR count). The second kappa shape index (κ2) is 7.47. The zero-order valence-electron chi connectivity index (χ0n) is 12.9. The number of alkyl halides is 2. The van der Waals surface area contributed by atoms with E-state index in [1.165, 1.54) is 30.5 Å². The minimum absolute atomic E-state index is 0.00755. The van der Waals surface area contributed by atoms with Crippen LogP contribution in [0.3, 0.4) is 0 Å². The number of halogens is 2. The van der Waals surface area contributed by atoms with Gasteiger partial charge in [-0.05, 0) is 43.3 Å². The number of ether oxygens (including phenoxy) is 1. The number of benzene rings is 1. The molecule has 0 bridgehead atoms. The molecule has 25 heavy (non-hydrogen) atoms. The van der Waals surface area contributed by atoms with Crippen molar-refractivity contribution in [2.75, 3.05) is 0 Å². The second-order valence-electron chi connectivity index (χ2n) is 4.88. The van der Waals surface area contributed by atoms with E-state index < -0.39 is 11.9 Å². The van der Waals surface area contributed by atoms with Gasteiger partial charge in [0.15, 0.2) is 11.5 Å². The minimum atomic E-state index is -2.91. The molecule has 3 aromatic rings. The molecule has 130 valence electrons. The molecule has 0 amide bonds. The summed E-state index contributed by atoms with van der Waals surface area (Å²) in [5.41, 5.74) is 0.368. The predicted octanol–water partition coefficient (Wildman–Crippen LogP) is 4.29. The van der Waals surface area contributed by atoms with Crippen LogP contribution < -0.4 is 4.74 Å². The van der Waals surface area contributed by atoms with Gasteiger partial charge < -0.3 is 13.6 Å². The second-order valence-corrected chi connectivity index (χ2v) is 6.17. The average Bonchev–Trinajstić information content (AvgIpc) is 3.25. The first-order valence-electron chi connectivity index (χ1n) is 7.16. The van der Waals surface area contributed by atoms with Crippen molar-refractivity contribution < 1.29 is 27.1 Å². The summed E-state index contributed by atoms with van der Waals surface area (Å²) in [5.74, 6) is 0.451. The Hall–Kier alpha value is -2.68. The molecule has 9 heteroatoms. The number of carbonyl (C=O) groups is 1. The van der Waals surface area contributed by atoms with E-state index in [-0.39, 0.29) is 22.6 Å². The Morgan fingerprint density at radius 1 is 1.20 bits per heavy atom. The van der Waals surface area contributed by atoms with E-state index in [0.717, 1.165) is 11.8 Å². The van der Waals surface area contributed by atoms with E-state index in [2.05, 4.69) is 14.9 Å². The molecular formula is C16H12F2N2O4S. The highest BCUT2D eigenvalue weighted by Crippen LogP contribution is 2.28. The van der Waals surface area contributed by atoms with Crippen molar-refractivity contribution in [3.63, 3.8) is 0 Å². The quantitative estimate of drug-likeness (QED) is 0.456. The van der Waals surface area contributed by atoms with E-state index in [4.69, 9.17) is 8.83 Å². The van der Waals surface area contributed by atoms with Crippen LogP contribution in [0.2, 0.25) is 0 Å². The normalized spacial score (nSPS) is 12.3. The molecule has 6 nitrogen and oxygen atoms in total. The van der Waals surface area contributed by atoms with Gasteiger partial charge >= 0.3 is 6.61 Å². The maximum Gasteiger partial charge on any atom is 0.387 e. The summed E-state index contributed by atoms with van der Waals surface area (Å²) in [6.45, 7) is -1.22. The van der Waals surface area contributed by atoms with Crippen LogP contribution >= 0.6 is 11.8 Å². The summed E-state index contributed by atoms with van der Waals surface area (Å²) in [6, 6.07) is 8.87. The molecule has 0 aliphatic carbocycles. The average molecular weight is 366 g/mol. The number of thioether (sulfide) groups is 1. The van der Waals surface area contributed by atoms with Crippen molar-refractivity contribution in [1.82, 2.24) is 10.2 Å². The minimum Gasteiger partial charge on any atom is -0.459 e. The van der Waals surface area contributed by atoms with E-state index in [1.807, 2.05) is 0 Å². The number of nitrogens with zero attached hydrogens (tertiary/aromatic N) is 2. The van der Waals surface area contributed by atoms with Gasteiger partial charge in [0, 0.05) is 5.56 Å². The predicted molar refractivity (Wildman–Crippen MR) is 84.7 cm³/mol. The zero-order valence-corrected chi connectivity index (χ0v) is 13.7. The summed E-state index contributed by atoms with van der Waals surface area (Å²) in [7, 11) is 0. The lowest BCUT2D eigenvalue weighted by Gasteiger charge is -2.08.